The van der Waals surface area contributed by atoms with Crippen molar-refractivity contribution in [1.82, 2.24) is 4.90 Å². The molecule has 0 N–H and O–H groups in total. The smallest absolute Gasteiger partial charge is 0.257 e. The molecule has 3 amide bonds. The first-order valence-corrected chi connectivity index (χ1v) is 9.14. The molecule has 0 bridgehead atoms. The lowest BCUT2D eigenvalue weighted by molar-refractivity contribution is -0.137. The molecule has 0 unspecified atom stereocenters. The summed E-state index contributed by atoms with van der Waals surface area (Å²) in [6, 6.07) is 11.2. The van der Waals surface area contributed by atoms with E-state index in [0.29, 0.717) is 22.9 Å². The summed E-state index contributed by atoms with van der Waals surface area (Å²) in [6.07, 6.45) is -0.0605. The van der Waals surface area contributed by atoms with E-state index in [1.807, 2.05) is 6.07 Å². The van der Waals surface area contributed by atoms with Gasteiger partial charge >= 0.3 is 0 Å². The van der Waals surface area contributed by atoms with Crippen LogP contribution < -0.4 is 19.1 Å². The number of fused-ring (bicyclic) bond motifs is 1. The predicted octanol–water partition coefficient (Wildman–Crippen LogP) is 2.10. The number of carbonyl (C=O) groups excluding carboxylic acids is 3. The van der Waals surface area contributed by atoms with Gasteiger partial charge in [0.15, 0.2) is 11.5 Å². The highest BCUT2D eigenvalue weighted by molar-refractivity contribution is 6.23. The molecule has 0 saturated carbocycles. The molecule has 0 aromatic heterocycles. The first-order chi connectivity index (χ1) is 14.0. The van der Waals surface area contributed by atoms with Crippen molar-refractivity contribution < 1.29 is 28.6 Å². The van der Waals surface area contributed by atoms with Crippen LogP contribution in [-0.2, 0) is 20.9 Å². The summed E-state index contributed by atoms with van der Waals surface area (Å²) < 4.78 is 15.8. The molecule has 0 radical (unpaired) electrons. The van der Waals surface area contributed by atoms with E-state index in [0.717, 1.165) is 10.5 Å². The molecule has 2 aromatic carbocycles. The van der Waals surface area contributed by atoms with Crippen molar-refractivity contribution in [2.24, 2.45) is 0 Å². The lowest BCUT2D eigenvalue weighted by atomic mass is 10.1. The van der Waals surface area contributed by atoms with Crippen LogP contribution in [0.3, 0.4) is 0 Å². The van der Waals surface area contributed by atoms with Crippen LogP contribution in [0.4, 0.5) is 5.69 Å². The lowest BCUT2D eigenvalue weighted by Gasteiger charge is -2.26. The highest BCUT2D eigenvalue weighted by Gasteiger charge is 2.43. The lowest BCUT2D eigenvalue weighted by Crippen LogP contribution is -2.44. The Morgan fingerprint density at radius 3 is 2.55 bits per heavy atom. The summed E-state index contributed by atoms with van der Waals surface area (Å²) in [7, 11) is 1.54. The fraction of sp³-hybridized carbons (Fsp3) is 0.286. The number of imide groups is 1. The topological polar surface area (TPSA) is 85.4 Å². The first-order valence-electron chi connectivity index (χ1n) is 9.14. The van der Waals surface area contributed by atoms with Gasteiger partial charge in [0.05, 0.1) is 19.2 Å². The molecule has 2 aromatic rings. The Balaban J connectivity index is 1.56. The largest absolute Gasteiger partial charge is 0.497 e. The standard InChI is InChI=1S/C21H20N2O6/c1-13(24)22(11-14-3-8-18-19(9-14)29-12-28-18)17-10-20(25)23(21(17)26)15-4-6-16(27-2)7-5-15/h3-9,17H,10-12H2,1-2H3/t17-/m1/s1. The summed E-state index contributed by atoms with van der Waals surface area (Å²) in [5.41, 5.74) is 1.24. The molecular weight excluding hydrogens is 376 g/mol. The van der Waals surface area contributed by atoms with Gasteiger partial charge in [0.1, 0.15) is 11.8 Å². The number of carbonyl (C=O) groups is 3. The monoisotopic (exact) mass is 396 g/mol. The molecule has 2 heterocycles. The average Bonchev–Trinajstić information content (AvgIpc) is 3.29. The van der Waals surface area contributed by atoms with Crippen molar-refractivity contribution in [2.75, 3.05) is 18.8 Å². The van der Waals surface area contributed by atoms with Crippen molar-refractivity contribution in [2.45, 2.75) is 25.9 Å². The maximum absolute atomic E-state index is 13.0. The number of nitrogens with zero attached hydrogens (tertiary/aromatic N) is 2. The first kappa shape index (κ1) is 18.8. The summed E-state index contributed by atoms with van der Waals surface area (Å²) in [6.45, 7) is 1.73. The second-order valence-electron chi connectivity index (χ2n) is 6.82. The second kappa shape index (κ2) is 7.46. The Morgan fingerprint density at radius 1 is 1.14 bits per heavy atom. The molecule has 1 atom stereocenters. The minimum Gasteiger partial charge on any atom is -0.497 e. The predicted molar refractivity (Wildman–Crippen MR) is 103 cm³/mol. The van der Waals surface area contributed by atoms with Crippen molar-refractivity contribution in [3.05, 3.63) is 48.0 Å². The van der Waals surface area contributed by atoms with Gasteiger partial charge in [-0.1, -0.05) is 6.07 Å². The fourth-order valence-electron chi connectivity index (χ4n) is 3.54. The maximum Gasteiger partial charge on any atom is 0.257 e. The number of methoxy groups -OCH3 is 1. The minimum atomic E-state index is -0.854. The van der Waals surface area contributed by atoms with Crippen LogP contribution in [0.25, 0.3) is 0 Å². The Hall–Kier alpha value is -3.55. The van der Waals surface area contributed by atoms with Crippen LogP contribution in [0.5, 0.6) is 17.2 Å². The summed E-state index contributed by atoms with van der Waals surface area (Å²) in [5, 5.41) is 0. The molecule has 0 spiro atoms. The molecule has 29 heavy (non-hydrogen) atoms. The highest BCUT2D eigenvalue weighted by atomic mass is 16.7. The minimum absolute atomic E-state index is 0.0605. The van der Waals surface area contributed by atoms with Crippen molar-refractivity contribution >= 4 is 23.4 Å². The van der Waals surface area contributed by atoms with Crippen LogP contribution in [0.1, 0.15) is 18.9 Å². The van der Waals surface area contributed by atoms with Crippen LogP contribution in [-0.4, -0.2) is 42.6 Å². The number of hydrogen-bond donors (Lipinski definition) is 0. The molecule has 150 valence electrons. The molecular formula is C21H20N2O6. The van der Waals surface area contributed by atoms with Gasteiger partial charge < -0.3 is 19.1 Å². The van der Waals surface area contributed by atoms with Gasteiger partial charge in [-0.25, -0.2) is 4.90 Å². The van der Waals surface area contributed by atoms with E-state index < -0.39 is 11.9 Å². The van der Waals surface area contributed by atoms with Crippen LogP contribution in [0.15, 0.2) is 42.5 Å². The third kappa shape index (κ3) is 3.49. The second-order valence-corrected chi connectivity index (χ2v) is 6.82. The molecule has 2 aliphatic heterocycles. The highest BCUT2D eigenvalue weighted by Crippen LogP contribution is 2.34. The van der Waals surface area contributed by atoms with Gasteiger partial charge in [0.2, 0.25) is 18.6 Å². The molecule has 1 fully saturated rings. The van der Waals surface area contributed by atoms with E-state index in [9.17, 15) is 14.4 Å². The van der Waals surface area contributed by atoms with Gasteiger partial charge in [0, 0.05) is 13.5 Å². The van der Waals surface area contributed by atoms with E-state index >= 15 is 0 Å². The number of anilines is 1. The maximum atomic E-state index is 13.0. The summed E-state index contributed by atoms with van der Waals surface area (Å²) in [4.78, 5) is 40.5. The Kier molecular flexibility index (Phi) is 4.84. The third-order valence-corrected chi connectivity index (χ3v) is 5.02. The van der Waals surface area contributed by atoms with Crippen molar-refractivity contribution in [3.63, 3.8) is 0 Å². The van der Waals surface area contributed by atoms with E-state index in [1.54, 1.807) is 36.4 Å². The van der Waals surface area contributed by atoms with Gasteiger partial charge in [-0.05, 0) is 42.0 Å². The molecule has 1 saturated heterocycles. The van der Waals surface area contributed by atoms with E-state index in [1.165, 1.54) is 18.9 Å². The molecule has 8 nitrogen and oxygen atoms in total. The molecule has 4 rings (SSSR count). The Morgan fingerprint density at radius 2 is 1.86 bits per heavy atom. The zero-order chi connectivity index (χ0) is 20.5. The third-order valence-electron chi connectivity index (χ3n) is 5.02. The number of rotatable bonds is 5. The summed E-state index contributed by atoms with van der Waals surface area (Å²) >= 11 is 0. The van der Waals surface area contributed by atoms with Crippen LogP contribution in [0, 0.1) is 0 Å². The number of benzene rings is 2. The van der Waals surface area contributed by atoms with Gasteiger partial charge in [-0.15, -0.1) is 0 Å². The molecule has 8 heteroatoms. The van der Waals surface area contributed by atoms with E-state index in [4.69, 9.17) is 14.2 Å². The van der Waals surface area contributed by atoms with Crippen molar-refractivity contribution in [3.8, 4) is 17.2 Å². The average molecular weight is 396 g/mol. The normalized spacial score (nSPS) is 17.6. The van der Waals surface area contributed by atoms with E-state index in [2.05, 4.69) is 0 Å². The van der Waals surface area contributed by atoms with E-state index in [-0.39, 0.29) is 31.6 Å². The van der Waals surface area contributed by atoms with Crippen LogP contribution >= 0.6 is 0 Å². The SMILES string of the molecule is COc1ccc(N2C(=O)C[C@@H](N(Cc3ccc4c(c3)OCO4)C(C)=O)C2=O)cc1. The van der Waals surface area contributed by atoms with Gasteiger partial charge in [0.25, 0.3) is 5.91 Å². The van der Waals surface area contributed by atoms with Gasteiger partial charge in [-0.2, -0.15) is 0 Å². The zero-order valence-corrected chi connectivity index (χ0v) is 16.1. The fourth-order valence-corrected chi connectivity index (χ4v) is 3.54. The van der Waals surface area contributed by atoms with Crippen LogP contribution in [0.2, 0.25) is 0 Å². The number of amides is 3. The quantitative estimate of drug-likeness (QED) is 0.720. The van der Waals surface area contributed by atoms with Gasteiger partial charge in [-0.3, -0.25) is 14.4 Å². The zero-order valence-electron chi connectivity index (χ0n) is 16.1. The van der Waals surface area contributed by atoms with Crippen molar-refractivity contribution in [1.29, 1.82) is 0 Å². The Labute approximate surface area is 167 Å². The number of ether oxygens (including phenoxy) is 3. The molecule has 2 aliphatic rings. The number of hydrogen-bond acceptors (Lipinski definition) is 6. The Bertz CT molecular complexity index is 972. The molecule has 0 aliphatic carbocycles. The summed E-state index contributed by atoms with van der Waals surface area (Å²) in [5.74, 6) is 0.807.